The zero-order chi connectivity index (χ0) is 15.4. The zero-order valence-corrected chi connectivity index (χ0v) is 12.5. The lowest BCUT2D eigenvalue weighted by atomic mass is 10.1. The second-order valence-corrected chi connectivity index (χ2v) is 5.83. The SMILES string of the molecule is CC(C)N1CCCC(Nc2ccc(F)c([N+](=O)[O-])c2)CC1. The molecule has 0 bridgehead atoms. The summed E-state index contributed by atoms with van der Waals surface area (Å²) >= 11 is 0. The molecule has 21 heavy (non-hydrogen) atoms. The van der Waals surface area contributed by atoms with Gasteiger partial charge in [0.1, 0.15) is 0 Å². The van der Waals surface area contributed by atoms with Crippen molar-refractivity contribution in [2.75, 3.05) is 18.4 Å². The maximum atomic E-state index is 13.3. The van der Waals surface area contributed by atoms with E-state index in [1.165, 1.54) is 6.07 Å². The quantitative estimate of drug-likeness (QED) is 0.683. The summed E-state index contributed by atoms with van der Waals surface area (Å²) in [6.45, 7) is 6.48. The van der Waals surface area contributed by atoms with Crippen LogP contribution in [0.4, 0.5) is 15.8 Å². The number of halogens is 1. The van der Waals surface area contributed by atoms with E-state index in [4.69, 9.17) is 0 Å². The molecular weight excluding hydrogens is 273 g/mol. The smallest absolute Gasteiger partial charge is 0.306 e. The Morgan fingerprint density at radius 3 is 2.81 bits per heavy atom. The van der Waals surface area contributed by atoms with Crippen molar-refractivity contribution in [3.05, 3.63) is 34.1 Å². The summed E-state index contributed by atoms with van der Waals surface area (Å²) in [5.74, 6) is -0.794. The van der Waals surface area contributed by atoms with Gasteiger partial charge in [0.15, 0.2) is 0 Å². The van der Waals surface area contributed by atoms with E-state index in [2.05, 4.69) is 24.1 Å². The van der Waals surface area contributed by atoms with Gasteiger partial charge in [-0.15, -0.1) is 0 Å². The minimum Gasteiger partial charge on any atom is -0.382 e. The van der Waals surface area contributed by atoms with E-state index in [9.17, 15) is 14.5 Å². The molecule has 1 heterocycles. The molecule has 6 heteroatoms. The molecule has 1 N–H and O–H groups in total. The maximum absolute atomic E-state index is 13.3. The van der Waals surface area contributed by atoms with Gasteiger partial charge in [0, 0.05) is 30.4 Å². The van der Waals surface area contributed by atoms with Crippen LogP contribution in [0.2, 0.25) is 0 Å². The van der Waals surface area contributed by atoms with Gasteiger partial charge in [-0.05, 0) is 51.8 Å². The predicted molar refractivity (Wildman–Crippen MR) is 81.0 cm³/mol. The Morgan fingerprint density at radius 2 is 2.14 bits per heavy atom. The average molecular weight is 295 g/mol. The standard InChI is InChI=1S/C15H22FN3O2/c1-11(2)18-8-3-4-12(7-9-18)17-13-5-6-14(16)15(10-13)19(20)21/h5-6,10-12,17H,3-4,7-9H2,1-2H3. The number of nitro benzene ring substituents is 1. The summed E-state index contributed by atoms with van der Waals surface area (Å²) in [5.41, 5.74) is 0.142. The van der Waals surface area contributed by atoms with Gasteiger partial charge in [0.2, 0.25) is 5.82 Å². The lowest BCUT2D eigenvalue weighted by molar-refractivity contribution is -0.387. The Hall–Kier alpha value is -1.69. The molecule has 1 saturated heterocycles. The molecule has 0 spiro atoms. The first-order valence-corrected chi connectivity index (χ1v) is 7.42. The van der Waals surface area contributed by atoms with Gasteiger partial charge in [-0.3, -0.25) is 10.1 Å². The molecule has 1 unspecified atom stereocenters. The third kappa shape index (κ3) is 4.14. The number of benzene rings is 1. The molecule has 1 fully saturated rings. The van der Waals surface area contributed by atoms with Gasteiger partial charge >= 0.3 is 5.69 Å². The van der Waals surface area contributed by atoms with Gasteiger partial charge in [-0.25, -0.2) is 0 Å². The Bertz CT molecular complexity index is 508. The first-order chi connectivity index (χ1) is 9.97. The molecule has 116 valence electrons. The van der Waals surface area contributed by atoms with E-state index in [0.29, 0.717) is 11.7 Å². The molecule has 0 aromatic heterocycles. The lowest BCUT2D eigenvalue weighted by Gasteiger charge is -2.24. The van der Waals surface area contributed by atoms with Crippen molar-refractivity contribution in [2.24, 2.45) is 0 Å². The highest BCUT2D eigenvalue weighted by Crippen LogP contribution is 2.24. The van der Waals surface area contributed by atoms with Gasteiger partial charge in [0.25, 0.3) is 0 Å². The molecule has 5 nitrogen and oxygen atoms in total. The Kier molecular flexibility index (Phi) is 5.12. The number of hydrogen-bond acceptors (Lipinski definition) is 4. The van der Waals surface area contributed by atoms with Crippen LogP contribution in [0.5, 0.6) is 0 Å². The van der Waals surface area contributed by atoms with Crippen LogP contribution >= 0.6 is 0 Å². The fourth-order valence-corrected chi connectivity index (χ4v) is 2.76. The first kappa shape index (κ1) is 15.7. The molecule has 0 saturated carbocycles. The fraction of sp³-hybridized carbons (Fsp3) is 0.600. The molecule has 1 aliphatic heterocycles. The van der Waals surface area contributed by atoms with Crippen LogP contribution in [-0.4, -0.2) is 35.0 Å². The van der Waals surface area contributed by atoms with Crippen LogP contribution < -0.4 is 5.32 Å². The molecule has 1 aromatic carbocycles. The van der Waals surface area contributed by atoms with Crippen molar-refractivity contribution < 1.29 is 9.31 Å². The van der Waals surface area contributed by atoms with E-state index in [-0.39, 0.29) is 6.04 Å². The summed E-state index contributed by atoms with van der Waals surface area (Å²) in [6, 6.07) is 4.81. The highest BCUT2D eigenvalue weighted by atomic mass is 19.1. The molecule has 2 rings (SSSR count). The minimum atomic E-state index is -0.794. The number of anilines is 1. The summed E-state index contributed by atoms with van der Waals surface area (Å²) in [7, 11) is 0. The summed E-state index contributed by atoms with van der Waals surface area (Å²) in [4.78, 5) is 12.5. The van der Waals surface area contributed by atoms with Crippen LogP contribution in [0, 0.1) is 15.9 Å². The highest BCUT2D eigenvalue weighted by molar-refractivity contribution is 5.52. The van der Waals surface area contributed by atoms with Crippen LogP contribution in [-0.2, 0) is 0 Å². The number of nitrogens with zero attached hydrogens (tertiary/aromatic N) is 2. The van der Waals surface area contributed by atoms with Gasteiger partial charge in [0.05, 0.1) is 4.92 Å². The number of hydrogen-bond donors (Lipinski definition) is 1. The third-order valence-corrected chi connectivity index (χ3v) is 4.01. The van der Waals surface area contributed by atoms with E-state index >= 15 is 0 Å². The van der Waals surface area contributed by atoms with Crippen molar-refractivity contribution in [3.8, 4) is 0 Å². The number of likely N-dealkylation sites (tertiary alicyclic amines) is 1. The van der Waals surface area contributed by atoms with Crippen LogP contribution in [0.3, 0.4) is 0 Å². The molecule has 1 aliphatic rings. The molecule has 0 aliphatic carbocycles. The number of nitrogens with one attached hydrogen (secondary N) is 1. The van der Waals surface area contributed by atoms with Crippen molar-refractivity contribution in [1.82, 2.24) is 4.90 Å². The van der Waals surface area contributed by atoms with Gasteiger partial charge < -0.3 is 10.2 Å². The van der Waals surface area contributed by atoms with Crippen molar-refractivity contribution in [2.45, 2.75) is 45.2 Å². The first-order valence-electron chi connectivity index (χ1n) is 7.42. The van der Waals surface area contributed by atoms with Crippen LogP contribution in [0.15, 0.2) is 18.2 Å². The normalized spacial score (nSPS) is 20.3. The van der Waals surface area contributed by atoms with Gasteiger partial charge in [-0.2, -0.15) is 4.39 Å². The number of rotatable bonds is 4. The lowest BCUT2D eigenvalue weighted by Crippen LogP contribution is -2.32. The topological polar surface area (TPSA) is 58.4 Å². The molecule has 1 atom stereocenters. The van der Waals surface area contributed by atoms with Crippen molar-refractivity contribution in [3.63, 3.8) is 0 Å². The second kappa shape index (κ2) is 6.85. The molecule has 1 aromatic rings. The molecule has 0 amide bonds. The Morgan fingerprint density at radius 1 is 1.38 bits per heavy atom. The largest absolute Gasteiger partial charge is 0.382 e. The minimum absolute atomic E-state index is 0.277. The van der Waals surface area contributed by atoms with Gasteiger partial charge in [-0.1, -0.05) is 0 Å². The van der Waals surface area contributed by atoms with E-state index in [1.54, 1.807) is 6.07 Å². The Labute approximate surface area is 124 Å². The summed E-state index contributed by atoms with van der Waals surface area (Å²) in [5, 5.41) is 14.1. The van der Waals surface area contributed by atoms with Crippen molar-refractivity contribution in [1.29, 1.82) is 0 Å². The average Bonchev–Trinajstić information content (AvgIpc) is 2.66. The fourth-order valence-electron chi connectivity index (χ4n) is 2.76. The van der Waals surface area contributed by atoms with E-state index in [0.717, 1.165) is 38.4 Å². The highest BCUT2D eigenvalue weighted by Gasteiger charge is 2.20. The van der Waals surface area contributed by atoms with E-state index < -0.39 is 16.4 Å². The number of nitro groups is 1. The monoisotopic (exact) mass is 295 g/mol. The maximum Gasteiger partial charge on any atom is 0.306 e. The summed E-state index contributed by atoms with van der Waals surface area (Å²) in [6.07, 6.45) is 3.11. The van der Waals surface area contributed by atoms with Crippen LogP contribution in [0.1, 0.15) is 33.1 Å². The van der Waals surface area contributed by atoms with E-state index in [1.807, 2.05) is 0 Å². The van der Waals surface area contributed by atoms with Crippen LogP contribution in [0.25, 0.3) is 0 Å². The zero-order valence-electron chi connectivity index (χ0n) is 12.5. The van der Waals surface area contributed by atoms with Crippen molar-refractivity contribution >= 4 is 11.4 Å². The molecule has 0 radical (unpaired) electrons. The second-order valence-electron chi connectivity index (χ2n) is 5.83. The predicted octanol–water partition coefficient (Wildman–Crippen LogP) is 3.41. The molecular formula is C15H22FN3O2. The third-order valence-electron chi connectivity index (χ3n) is 4.01. The summed E-state index contributed by atoms with van der Waals surface area (Å²) < 4.78 is 13.3. The Balaban J connectivity index is 2.01.